The van der Waals surface area contributed by atoms with E-state index in [4.69, 9.17) is 10.8 Å². The number of rotatable bonds is 2. The van der Waals surface area contributed by atoms with Crippen LogP contribution >= 0.6 is 35.7 Å². The summed E-state index contributed by atoms with van der Waals surface area (Å²) in [7, 11) is 0. The van der Waals surface area contributed by atoms with E-state index in [1.165, 1.54) is 12.3 Å². The topological polar surface area (TPSA) is 101 Å². The molecule has 6 nitrogen and oxygen atoms in total. The van der Waals surface area contributed by atoms with Gasteiger partial charge in [-0.2, -0.15) is 4.98 Å². The second-order valence-corrected chi connectivity index (χ2v) is 5.09. The lowest BCUT2D eigenvalue weighted by Crippen LogP contribution is -2.33. The monoisotopic (exact) mass is 389 g/mol. The number of aromatic nitrogens is 2. The van der Waals surface area contributed by atoms with Crippen LogP contribution in [0.1, 0.15) is 5.37 Å². The van der Waals surface area contributed by atoms with Gasteiger partial charge < -0.3 is 15.9 Å². The predicted octanol–water partition coefficient (Wildman–Crippen LogP) is -0.251. The minimum absolute atomic E-state index is 0. The van der Waals surface area contributed by atoms with Crippen LogP contribution < -0.4 is 11.4 Å². The fraction of sp³-hybridized carbons (Fsp3) is 0.556. The van der Waals surface area contributed by atoms with Gasteiger partial charge in [0.1, 0.15) is 17.3 Å². The maximum absolute atomic E-state index is 13.8. The quantitative estimate of drug-likeness (QED) is 0.604. The standard InChI is InChI=1S/C9H12FN3O3S.HI/c10-6-7(15)4(3-14)17-8(6)13-2-1-5(11)12-9(13)16;/h1-2,4,6-8,14-15H,3H2,(H2,11,12,16);1H/t4-,6+,7-,8-;/m1./s1. The maximum Gasteiger partial charge on any atom is 0.350 e. The molecule has 1 saturated heterocycles. The van der Waals surface area contributed by atoms with Gasteiger partial charge in [-0.05, 0) is 6.07 Å². The van der Waals surface area contributed by atoms with Crippen molar-refractivity contribution in [2.75, 3.05) is 12.3 Å². The van der Waals surface area contributed by atoms with Crippen LogP contribution in [0.4, 0.5) is 10.2 Å². The summed E-state index contributed by atoms with van der Waals surface area (Å²) in [6.07, 6.45) is -1.58. The van der Waals surface area contributed by atoms with Gasteiger partial charge in [0.25, 0.3) is 0 Å². The van der Waals surface area contributed by atoms with Crippen molar-refractivity contribution in [3.05, 3.63) is 22.7 Å². The number of thioether (sulfide) groups is 1. The number of nitrogen functional groups attached to an aromatic ring is 1. The van der Waals surface area contributed by atoms with Crippen molar-refractivity contribution < 1.29 is 14.6 Å². The van der Waals surface area contributed by atoms with E-state index >= 15 is 0 Å². The molecular formula is C9H13FIN3O3S. The van der Waals surface area contributed by atoms with Gasteiger partial charge in [0, 0.05) is 6.20 Å². The average molecular weight is 389 g/mol. The molecule has 18 heavy (non-hydrogen) atoms. The first-order valence-corrected chi connectivity index (χ1v) is 5.92. The molecule has 1 aromatic heterocycles. The molecule has 0 aliphatic carbocycles. The summed E-state index contributed by atoms with van der Waals surface area (Å²) in [5, 5.41) is 17.0. The molecule has 0 aromatic carbocycles. The van der Waals surface area contributed by atoms with Crippen LogP contribution in [0.15, 0.2) is 17.1 Å². The number of halogens is 2. The van der Waals surface area contributed by atoms with E-state index in [2.05, 4.69) is 4.98 Å². The molecule has 1 aliphatic rings. The van der Waals surface area contributed by atoms with Crippen LogP contribution in [0.2, 0.25) is 0 Å². The molecule has 0 amide bonds. The summed E-state index contributed by atoms with van der Waals surface area (Å²) in [5.41, 5.74) is 4.66. The summed E-state index contributed by atoms with van der Waals surface area (Å²) >= 11 is 1.01. The lowest BCUT2D eigenvalue weighted by Gasteiger charge is -2.15. The van der Waals surface area contributed by atoms with E-state index in [1.807, 2.05) is 0 Å². The van der Waals surface area contributed by atoms with Crippen molar-refractivity contribution in [1.82, 2.24) is 9.55 Å². The summed E-state index contributed by atoms with van der Waals surface area (Å²) < 4.78 is 14.9. The molecule has 0 spiro atoms. The first kappa shape index (κ1) is 15.7. The number of anilines is 1. The van der Waals surface area contributed by atoms with E-state index < -0.39 is 28.6 Å². The third-order valence-corrected chi connectivity index (χ3v) is 4.14. The fourth-order valence-electron chi connectivity index (χ4n) is 1.70. The van der Waals surface area contributed by atoms with Crippen molar-refractivity contribution in [2.45, 2.75) is 22.9 Å². The molecule has 0 unspecified atom stereocenters. The maximum atomic E-state index is 13.8. The average Bonchev–Trinajstić information content (AvgIpc) is 2.57. The van der Waals surface area contributed by atoms with E-state index in [0.717, 1.165) is 16.3 Å². The molecule has 1 aromatic rings. The number of hydrogen-bond donors (Lipinski definition) is 3. The zero-order valence-electron chi connectivity index (χ0n) is 9.14. The molecule has 2 heterocycles. The van der Waals surface area contributed by atoms with Gasteiger partial charge in [0.2, 0.25) is 0 Å². The number of nitrogens with two attached hydrogens (primary N) is 1. The third-order valence-electron chi connectivity index (χ3n) is 2.60. The van der Waals surface area contributed by atoms with Crippen molar-refractivity contribution in [2.24, 2.45) is 0 Å². The Morgan fingerprint density at radius 1 is 1.61 bits per heavy atom. The summed E-state index contributed by atoms with van der Waals surface area (Å²) in [6, 6.07) is 1.38. The molecule has 9 heteroatoms. The highest BCUT2D eigenvalue weighted by atomic mass is 127. The van der Waals surface area contributed by atoms with Crippen LogP contribution in [0.5, 0.6) is 0 Å². The normalized spacial score (nSPS) is 31.1. The fourth-order valence-corrected chi connectivity index (χ4v) is 3.06. The van der Waals surface area contributed by atoms with Gasteiger partial charge in [0.15, 0.2) is 6.17 Å². The van der Waals surface area contributed by atoms with Crippen LogP contribution in [0.25, 0.3) is 0 Å². The third kappa shape index (κ3) is 2.78. The van der Waals surface area contributed by atoms with Gasteiger partial charge in [-0.1, -0.05) is 0 Å². The molecule has 0 radical (unpaired) electrons. The Hall–Kier alpha value is -0.390. The molecule has 4 atom stereocenters. The van der Waals surface area contributed by atoms with Gasteiger partial charge >= 0.3 is 5.69 Å². The van der Waals surface area contributed by atoms with Crippen molar-refractivity contribution in [3.63, 3.8) is 0 Å². The molecule has 4 N–H and O–H groups in total. The van der Waals surface area contributed by atoms with Gasteiger partial charge in [-0.15, -0.1) is 35.7 Å². The Balaban J connectivity index is 0.00000162. The minimum Gasteiger partial charge on any atom is -0.395 e. The molecule has 1 fully saturated rings. The molecular weight excluding hydrogens is 376 g/mol. The predicted molar refractivity (Wildman–Crippen MR) is 76.7 cm³/mol. The smallest absolute Gasteiger partial charge is 0.350 e. The highest BCUT2D eigenvalue weighted by molar-refractivity contribution is 14.0. The Morgan fingerprint density at radius 2 is 2.28 bits per heavy atom. The zero-order valence-corrected chi connectivity index (χ0v) is 12.3. The Kier molecular flexibility index (Phi) is 5.37. The zero-order chi connectivity index (χ0) is 12.6. The molecule has 0 saturated carbocycles. The van der Waals surface area contributed by atoms with E-state index in [9.17, 15) is 14.3 Å². The van der Waals surface area contributed by atoms with Crippen LogP contribution in [-0.4, -0.2) is 43.9 Å². The SMILES string of the molecule is I.Nc1ccn([C@@H]2S[C@H](CO)[C@@H](O)[C@@H]2F)c(=O)n1. The van der Waals surface area contributed by atoms with Gasteiger partial charge in [-0.3, -0.25) is 4.57 Å². The summed E-state index contributed by atoms with van der Waals surface area (Å²) in [5.74, 6) is 0.0592. The van der Waals surface area contributed by atoms with E-state index in [-0.39, 0.29) is 36.4 Å². The van der Waals surface area contributed by atoms with Gasteiger partial charge in [-0.25, -0.2) is 9.18 Å². The van der Waals surface area contributed by atoms with Crippen molar-refractivity contribution in [1.29, 1.82) is 0 Å². The van der Waals surface area contributed by atoms with Crippen molar-refractivity contribution in [3.8, 4) is 0 Å². The number of nitrogens with zero attached hydrogens (tertiary/aromatic N) is 2. The number of hydrogen-bond acceptors (Lipinski definition) is 6. The largest absolute Gasteiger partial charge is 0.395 e. The second-order valence-electron chi connectivity index (χ2n) is 3.72. The lowest BCUT2D eigenvalue weighted by molar-refractivity contribution is 0.0631. The van der Waals surface area contributed by atoms with Crippen LogP contribution in [0, 0.1) is 0 Å². The summed E-state index contributed by atoms with van der Waals surface area (Å²) in [6.45, 7) is -0.347. The highest BCUT2D eigenvalue weighted by Crippen LogP contribution is 2.42. The highest BCUT2D eigenvalue weighted by Gasteiger charge is 2.44. The Bertz CT molecular complexity index is 475. The second kappa shape index (κ2) is 6.17. The first-order chi connectivity index (χ1) is 8.04. The van der Waals surface area contributed by atoms with E-state index in [0.29, 0.717) is 0 Å². The van der Waals surface area contributed by atoms with Crippen molar-refractivity contribution >= 4 is 41.6 Å². The first-order valence-electron chi connectivity index (χ1n) is 4.97. The molecule has 102 valence electrons. The van der Waals surface area contributed by atoms with Crippen LogP contribution in [-0.2, 0) is 0 Å². The number of alkyl halides is 1. The number of aliphatic hydroxyl groups is 2. The number of aliphatic hydroxyl groups excluding tert-OH is 2. The van der Waals surface area contributed by atoms with E-state index in [1.54, 1.807) is 0 Å². The molecule has 1 aliphatic heterocycles. The lowest BCUT2D eigenvalue weighted by atomic mass is 10.1. The Morgan fingerprint density at radius 3 is 2.78 bits per heavy atom. The minimum atomic E-state index is -1.62. The molecule has 2 rings (SSSR count). The van der Waals surface area contributed by atoms with Gasteiger partial charge in [0.05, 0.1) is 11.9 Å². The van der Waals surface area contributed by atoms with Crippen LogP contribution in [0.3, 0.4) is 0 Å². The molecule has 0 bridgehead atoms. The summed E-state index contributed by atoms with van der Waals surface area (Å²) in [4.78, 5) is 15.0. The Labute approximate surface area is 123 Å².